The summed E-state index contributed by atoms with van der Waals surface area (Å²) in [6.45, 7) is 1.67. The molecule has 0 saturated heterocycles. The lowest BCUT2D eigenvalue weighted by Crippen LogP contribution is -2.28. The van der Waals surface area contributed by atoms with Crippen LogP contribution in [0.4, 0.5) is 0 Å². The van der Waals surface area contributed by atoms with Crippen molar-refractivity contribution in [1.29, 1.82) is 0 Å². The molecule has 2 rings (SSSR count). The number of carbonyl (C=O) groups is 1. The first-order valence-electron chi connectivity index (χ1n) is 5.56. The molecule has 0 aliphatic carbocycles. The third-order valence-electron chi connectivity index (χ3n) is 2.29. The Kier molecular flexibility index (Phi) is 3.96. The Bertz CT molecular complexity index is 632. The number of hydrogen-bond acceptors (Lipinski definition) is 5. The molecule has 0 unspecified atom stereocenters. The van der Waals surface area contributed by atoms with E-state index in [0.29, 0.717) is 10.7 Å². The van der Waals surface area contributed by atoms with E-state index < -0.39 is 11.7 Å². The van der Waals surface area contributed by atoms with Crippen LogP contribution in [-0.4, -0.2) is 32.4 Å². The zero-order valence-electron chi connectivity index (χ0n) is 10.1. The Labute approximate surface area is 113 Å². The minimum atomic E-state index is -0.534. The Morgan fingerprint density at radius 3 is 2.63 bits per heavy atom. The van der Waals surface area contributed by atoms with Crippen LogP contribution in [0.5, 0.6) is 0 Å². The molecule has 0 radical (unpaired) electrons. The Morgan fingerprint density at radius 1 is 1.32 bits per heavy atom. The molecule has 1 aromatic carbocycles. The molecule has 19 heavy (non-hydrogen) atoms. The van der Waals surface area contributed by atoms with Crippen LogP contribution >= 0.6 is 11.6 Å². The highest BCUT2D eigenvalue weighted by molar-refractivity contribution is 6.30. The zero-order valence-corrected chi connectivity index (χ0v) is 10.9. The van der Waals surface area contributed by atoms with Gasteiger partial charge in [-0.05, 0) is 41.6 Å². The molecule has 0 bridgehead atoms. The van der Waals surface area contributed by atoms with Crippen LogP contribution in [0.3, 0.4) is 0 Å². The lowest BCUT2D eigenvalue weighted by atomic mass is 10.3. The number of rotatable bonds is 4. The fraction of sp³-hybridized carbons (Fsp3) is 0.273. The molecule has 1 heterocycles. The number of carbonyl (C=O) groups excluding carboxylic acids is 1. The molecule has 0 fully saturated rings. The van der Waals surface area contributed by atoms with E-state index in [1.807, 2.05) is 0 Å². The fourth-order valence-corrected chi connectivity index (χ4v) is 1.57. The molecule has 8 heteroatoms. The van der Waals surface area contributed by atoms with Crippen molar-refractivity contribution < 1.29 is 9.53 Å². The van der Waals surface area contributed by atoms with Crippen molar-refractivity contribution >= 4 is 17.6 Å². The molecule has 1 aromatic heterocycles. The van der Waals surface area contributed by atoms with Crippen LogP contribution < -0.4 is 5.69 Å². The maximum atomic E-state index is 12.0. The molecule has 7 nitrogen and oxygen atoms in total. The van der Waals surface area contributed by atoms with Gasteiger partial charge < -0.3 is 4.74 Å². The standard InChI is InChI=1S/C11H11ClN4O3/c1-2-19-10(17)7-15-11(18)16(14-13-15)9-5-3-8(12)4-6-9/h3-6H,2,7H2,1H3. The molecule has 0 aliphatic heterocycles. The number of hydrogen-bond donors (Lipinski definition) is 0. The zero-order chi connectivity index (χ0) is 13.8. The predicted molar refractivity (Wildman–Crippen MR) is 67.3 cm³/mol. The molecule has 100 valence electrons. The van der Waals surface area contributed by atoms with Crippen molar-refractivity contribution in [3.63, 3.8) is 0 Å². The summed E-state index contributed by atoms with van der Waals surface area (Å²) in [6, 6.07) is 6.53. The van der Waals surface area contributed by atoms with Gasteiger partial charge in [0.05, 0.1) is 12.3 Å². The minimum Gasteiger partial charge on any atom is -0.465 e. The molecule has 0 saturated carbocycles. The van der Waals surface area contributed by atoms with Crippen molar-refractivity contribution in [2.45, 2.75) is 13.5 Å². The summed E-state index contributed by atoms with van der Waals surface area (Å²) >= 11 is 5.76. The van der Waals surface area contributed by atoms with E-state index in [2.05, 4.69) is 10.4 Å². The van der Waals surface area contributed by atoms with Crippen LogP contribution in [0.15, 0.2) is 29.1 Å². The first-order valence-corrected chi connectivity index (χ1v) is 5.94. The summed E-state index contributed by atoms with van der Waals surface area (Å²) in [5, 5.41) is 7.87. The van der Waals surface area contributed by atoms with E-state index in [0.717, 1.165) is 9.36 Å². The van der Waals surface area contributed by atoms with Crippen LogP contribution in [-0.2, 0) is 16.1 Å². The summed E-state index contributed by atoms with van der Waals surface area (Å²) in [7, 11) is 0. The van der Waals surface area contributed by atoms with Crippen LogP contribution in [0, 0.1) is 0 Å². The van der Waals surface area contributed by atoms with E-state index in [4.69, 9.17) is 16.3 Å². The van der Waals surface area contributed by atoms with Crippen molar-refractivity contribution in [3.8, 4) is 5.69 Å². The van der Waals surface area contributed by atoms with Gasteiger partial charge in [-0.1, -0.05) is 11.6 Å². The topological polar surface area (TPSA) is 79.0 Å². The molecule has 0 spiro atoms. The van der Waals surface area contributed by atoms with Gasteiger partial charge in [0.1, 0.15) is 6.54 Å². The van der Waals surface area contributed by atoms with Crippen molar-refractivity contribution in [1.82, 2.24) is 19.8 Å². The molecule has 0 atom stereocenters. The van der Waals surface area contributed by atoms with Gasteiger partial charge in [-0.15, -0.1) is 0 Å². The lowest BCUT2D eigenvalue weighted by molar-refractivity contribution is -0.144. The van der Waals surface area contributed by atoms with Gasteiger partial charge in [-0.3, -0.25) is 4.79 Å². The molecule has 0 N–H and O–H groups in total. The van der Waals surface area contributed by atoms with Crippen LogP contribution in [0.2, 0.25) is 5.02 Å². The summed E-state index contributed by atoms with van der Waals surface area (Å²) in [5.41, 5.74) is -0.000107. The molecule has 0 amide bonds. The van der Waals surface area contributed by atoms with Crippen molar-refractivity contribution in [3.05, 3.63) is 39.8 Å². The number of esters is 1. The number of ether oxygens (including phenoxy) is 1. The first-order chi connectivity index (χ1) is 9.11. The number of nitrogens with zero attached hydrogens (tertiary/aromatic N) is 4. The highest BCUT2D eigenvalue weighted by Crippen LogP contribution is 2.10. The predicted octanol–water partition coefficient (Wildman–Crippen LogP) is 0.645. The first kappa shape index (κ1) is 13.3. The van der Waals surface area contributed by atoms with Crippen molar-refractivity contribution in [2.75, 3.05) is 6.61 Å². The lowest BCUT2D eigenvalue weighted by Gasteiger charge is -1.99. The molecule has 2 aromatic rings. The normalized spacial score (nSPS) is 10.4. The van der Waals surface area contributed by atoms with Gasteiger partial charge >= 0.3 is 11.7 Å². The van der Waals surface area contributed by atoms with E-state index in [9.17, 15) is 9.59 Å². The second-order valence-electron chi connectivity index (χ2n) is 3.61. The van der Waals surface area contributed by atoms with Crippen molar-refractivity contribution in [2.24, 2.45) is 0 Å². The maximum absolute atomic E-state index is 12.0. The van der Waals surface area contributed by atoms with Gasteiger partial charge in [-0.25, -0.2) is 4.79 Å². The number of benzene rings is 1. The quantitative estimate of drug-likeness (QED) is 0.769. The Morgan fingerprint density at radius 2 is 2.00 bits per heavy atom. The monoisotopic (exact) mass is 282 g/mol. The second kappa shape index (κ2) is 5.66. The minimum absolute atomic E-state index is 0.249. The van der Waals surface area contributed by atoms with E-state index in [1.54, 1.807) is 31.2 Å². The molecular formula is C11H11ClN4O3. The highest BCUT2D eigenvalue weighted by Gasteiger charge is 2.12. The molecular weight excluding hydrogens is 272 g/mol. The Hall–Kier alpha value is -2.15. The van der Waals surface area contributed by atoms with Gasteiger partial charge in [0.2, 0.25) is 0 Å². The maximum Gasteiger partial charge on any atom is 0.369 e. The summed E-state index contributed by atoms with van der Waals surface area (Å²) in [5.74, 6) is -0.534. The summed E-state index contributed by atoms with van der Waals surface area (Å²) < 4.78 is 6.75. The van der Waals surface area contributed by atoms with E-state index in [-0.39, 0.29) is 13.2 Å². The highest BCUT2D eigenvalue weighted by atomic mass is 35.5. The van der Waals surface area contributed by atoms with Gasteiger partial charge in [-0.2, -0.15) is 9.36 Å². The Balaban J connectivity index is 2.25. The number of aromatic nitrogens is 4. The number of halogens is 1. The average molecular weight is 283 g/mol. The molecule has 0 aliphatic rings. The van der Waals surface area contributed by atoms with Gasteiger partial charge in [0.15, 0.2) is 0 Å². The largest absolute Gasteiger partial charge is 0.465 e. The van der Waals surface area contributed by atoms with E-state index >= 15 is 0 Å². The second-order valence-corrected chi connectivity index (χ2v) is 4.05. The van der Waals surface area contributed by atoms with Crippen LogP contribution in [0.1, 0.15) is 6.92 Å². The van der Waals surface area contributed by atoms with Crippen LogP contribution in [0.25, 0.3) is 5.69 Å². The third kappa shape index (κ3) is 3.00. The number of tetrazole rings is 1. The summed E-state index contributed by atoms with van der Waals surface area (Å²) in [6.07, 6.45) is 0. The smallest absolute Gasteiger partial charge is 0.369 e. The fourth-order valence-electron chi connectivity index (χ4n) is 1.45. The average Bonchev–Trinajstić information content (AvgIpc) is 2.73. The SMILES string of the molecule is CCOC(=O)Cn1nnn(-c2ccc(Cl)cc2)c1=O. The van der Waals surface area contributed by atoms with Gasteiger partial charge in [0.25, 0.3) is 0 Å². The third-order valence-corrected chi connectivity index (χ3v) is 2.55. The van der Waals surface area contributed by atoms with E-state index in [1.165, 1.54) is 0 Å². The van der Waals surface area contributed by atoms with Gasteiger partial charge in [0, 0.05) is 5.02 Å². The summed E-state index contributed by atoms with van der Waals surface area (Å²) in [4.78, 5) is 23.2.